The normalized spacial score (nSPS) is 17.7. The molecule has 0 saturated heterocycles. The zero-order chi connectivity index (χ0) is 18.3. The first-order valence-electron chi connectivity index (χ1n) is 8.69. The quantitative estimate of drug-likeness (QED) is 0.904. The maximum atomic E-state index is 13.3. The number of ether oxygens (including phenoxy) is 1. The number of carbonyl (C=O) groups is 2. The summed E-state index contributed by atoms with van der Waals surface area (Å²) in [4.78, 5) is 29.4. The molecule has 0 aromatic heterocycles. The molecule has 6 heteroatoms. The van der Waals surface area contributed by atoms with Crippen LogP contribution in [0.2, 0.25) is 0 Å². The van der Waals surface area contributed by atoms with E-state index in [0.717, 1.165) is 17.1 Å². The van der Waals surface area contributed by atoms with Crippen LogP contribution in [-0.4, -0.2) is 37.0 Å². The molecule has 0 bridgehead atoms. The van der Waals surface area contributed by atoms with E-state index >= 15 is 0 Å². The molecular formula is C20H21N3O3. The lowest BCUT2D eigenvalue weighted by Gasteiger charge is -2.43. The second-order valence-corrected chi connectivity index (χ2v) is 7.00. The van der Waals surface area contributed by atoms with Crippen molar-refractivity contribution < 1.29 is 14.3 Å². The van der Waals surface area contributed by atoms with E-state index in [1.54, 1.807) is 18.7 Å². The van der Waals surface area contributed by atoms with Gasteiger partial charge in [-0.1, -0.05) is 24.3 Å². The van der Waals surface area contributed by atoms with Crippen LogP contribution < -0.4 is 19.9 Å². The molecule has 0 fully saturated rings. The maximum absolute atomic E-state index is 13.3. The summed E-state index contributed by atoms with van der Waals surface area (Å²) in [6, 6.07) is 15.1. The fraction of sp³-hybridized carbons (Fsp3) is 0.300. The van der Waals surface area contributed by atoms with Crippen LogP contribution >= 0.6 is 0 Å². The Bertz CT molecular complexity index is 878. The van der Waals surface area contributed by atoms with Crippen molar-refractivity contribution >= 4 is 28.9 Å². The van der Waals surface area contributed by atoms with Crippen molar-refractivity contribution in [2.75, 3.05) is 34.8 Å². The van der Waals surface area contributed by atoms with Crippen molar-refractivity contribution in [2.24, 2.45) is 0 Å². The lowest BCUT2D eigenvalue weighted by molar-refractivity contribution is -0.125. The van der Waals surface area contributed by atoms with Crippen LogP contribution in [-0.2, 0) is 9.59 Å². The van der Waals surface area contributed by atoms with Crippen molar-refractivity contribution in [3.05, 3.63) is 48.5 Å². The second kappa shape index (κ2) is 6.05. The van der Waals surface area contributed by atoms with E-state index in [0.29, 0.717) is 18.8 Å². The van der Waals surface area contributed by atoms with E-state index in [4.69, 9.17) is 4.74 Å². The Morgan fingerprint density at radius 2 is 1.81 bits per heavy atom. The molecule has 2 aromatic rings. The molecule has 0 atom stereocenters. The molecule has 4 rings (SSSR count). The predicted octanol–water partition coefficient (Wildman–Crippen LogP) is 2.65. The monoisotopic (exact) mass is 351 g/mol. The van der Waals surface area contributed by atoms with Gasteiger partial charge in [0.05, 0.1) is 30.2 Å². The summed E-state index contributed by atoms with van der Waals surface area (Å²) >= 11 is 0. The van der Waals surface area contributed by atoms with Gasteiger partial charge >= 0.3 is 0 Å². The van der Waals surface area contributed by atoms with Crippen LogP contribution in [0.1, 0.15) is 13.8 Å². The number of hydrogen-bond acceptors (Lipinski definition) is 4. The summed E-state index contributed by atoms with van der Waals surface area (Å²) < 4.78 is 5.66. The van der Waals surface area contributed by atoms with Gasteiger partial charge in [-0.25, -0.2) is 0 Å². The number of anilines is 3. The molecule has 0 aliphatic carbocycles. The minimum absolute atomic E-state index is 0.117. The van der Waals surface area contributed by atoms with E-state index < -0.39 is 5.54 Å². The molecule has 0 unspecified atom stereocenters. The van der Waals surface area contributed by atoms with Gasteiger partial charge in [-0.3, -0.25) is 14.5 Å². The molecule has 134 valence electrons. The van der Waals surface area contributed by atoms with Gasteiger partial charge in [0.25, 0.3) is 0 Å². The highest BCUT2D eigenvalue weighted by atomic mass is 16.5. The van der Waals surface area contributed by atoms with Gasteiger partial charge in [0.15, 0.2) is 0 Å². The Kier molecular flexibility index (Phi) is 3.83. The molecule has 2 aromatic carbocycles. The molecule has 26 heavy (non-hydrogen) atoms. The average molecular weight is 351 g/mol. The highest BCUT2D eigenvalue weighted by Gasteiger charge is 2.43. The lowest BCUT2D eigenvalue weighted by Crippen LogP contribution is -2.60. The zero-order valence-electron chi connectivity index (χ0n) is 14.9. The van der Waals surface area contributed by atoms with Gasteiger partial charge in [-0.15, -0.1) is 0 Å². The van der Waals surface area contributed by atoms with Gasteiger partial charge in [0.2, 0.25) is 11.8 Å². The minimum atomic E-state index is -0.961. The van der Waals surface area contributed by atoms with Crippen molar-refractivity contribution in [3.63, 3.8) is 0 Å². The average Bonchev–Trinajstić information content (AvgIpc) is 2.63. The van der Waals surface area contributed by atoms with Crippen LogP contribution in [0.15, 0.2) is 48.5 Å². The maximum Gasteiger partial charge on any atom is 0.250 e. The van der Waals surface area contributed by atoms with Crippen LogP contribution in [0.5, 0.6) is 5.75 Å². The summed E-state index contributed by atoms with van der Waals surface area (Å²) in [5.74, 6) is 0.475. The van der Waals surface area contributed by atoms with Crippen molar-refractivity contribution in [3.8, 4) is 5.75 Å². The molecule has 0 saturated carbocycles. The smallest absolute Gasteiger partial charge is 0.250 e. The first kappa shape index (κ1) is 16.4. The van der Waals surface area contributed by atoms with Gasteiger partial charge in [0, 0.05) is 0 Å². The largest absolute Gasteiger partial charge is 0.490 e. The molecular weight excluding hydrogens is 330 g/mol. The van der Waals surface area contributed by atoms with E-state index in [1.165, 1.54) is 0 Å². The van der Waals surface area contributed by atoms with Crippen LogP contribution in [0.4, 0.5) is 17.1 Å². The Hall–Kier alpha value is -3.02. The third kappa shape index (κ3) is 2.58. The van der Waals surface area contributed by atoms with Gasteiger partial charge in [0.1, 0.15) is 17.9 Å². The number of nitrogens with zero attached hydrogens (tertiary/aromatic N) is 2. The summed E-state index contributed by atoms with van der Waals surface area (Å²) in [5.41, 5.74) is 1.33. The molecule has 1 N–H and O–H groups in total. The summed E-state index contributed by atoms with van der Waals surface area (Å²) in [6.45, 7) is 4.88. The third-order valence-corrected chi connectivity index (χ3v) is 4.91. The first-order valence-corrected chi connectivity index (χ1v) is 8.69. The van der Waals surface area contributed by atoms with Crippen molar-refractivity contribution in [1.82, 2.24) is 0 Å². The summed E-state index contributed by atoms with van der Waals surface area (Å²) in [7, 11) is 0. The number of para-hydroxylation sites is 4. The van der Waals surface area contributed by atoms with E-state index in [2.05, 4.69) is 5.32 Å². The van der Waals surface area contributed by atoms with E-state index in [-0.39, 0.29) is 18.4 Å². The van der Waals surface area contributed by atoms with Gasteiger partial charge in [-0.2, -0.15) is 0 Å². The number of benzene rings is 2. The highest BCUT2D eigenvalue weighted by Crippen LogP contribution is 2.37. The molecule has 2 heterocycles. The van der Waals surface area contributed by atoms with Gasteiger partial charge in [-0.05, 0) is 38.1 Å². The topological polar surface area (TPSA) is 61.9 Å². The number of carbonyl (C=O) groups excluding carboxylic acids is 2. The number of amides is 2. The molecule has 0 radical (unpaired) electrons. The number of fused-ring (bicyclic) bond motifs is 2. The third-order valence-electron chi connectivity index (χ3n) is 4.91. The van der Waals surface area contributed by atoms with Crippen molar-refractivity contribution in [2.45, 2.75) is 19.4 Å². The molecule has 2 aliphatic heterocycles. The minimum Gasteiger partial charge on any atom is -0.490 e. The first-order chi connectivity index (χ1) is 12.5. The predicted molar refractivity (Wildman–Crippen MR) is 101 cm³/mol. The molecule has 6 nitrogen and oxygen atoms in total. The van der Waals surface area contributed by atoms with Crippen molar-refractivity contribution in [1.29, 1.82) is 0 Å². The summed E-state index contributed by atoms with van der Waals surface area (Å²) in [5, 5.41) is 2.89. The second-order valence-electron chi connectivity index (χ2n) is 7.00. The Morgan fingerprint density at radius 1 is 1.12 bits per heavy atom. The fourth-order valence-corrected chi connectivity index (χ4v) is 3.52. The summed E-state index contributed by atoms with van der Waals surface area (Å²) in [6.07, 6.45) is 0. The SMILES string of the molecule is CC1(C)C(=O)Nc2ccccc2N1C(=O)CN1CCOc2ccccc21. The Labute approximate surface area is 152 Å². The molecule has 2 amide bonds. The van der Waals surface area contributed by atoms with Gasteiger partial charge < -0.3 is 15.0 Å². The lowest BCUT2D eigenvalue weighted by atomic mass is 9.96. The number of nitrogens with one attached hydrogen (secondary N) is 1. The Balaban J connectivity index is 1.67. The van der Waals surface area contributed by atoms with Crippen LogP contribution in [0.3, 0.4) is 0 Å². The number of rotatable bonds is 2. The van der Waals surface area contributed by atoms with Crippen LogP contribution in [0.25, 0.3) is 0 Å². The fourth-order valence-electron chi connectivity index (χ4n) is 3.52. The Morgan fingerprint density at radius 3 is 2.62 bits per heavy atom. The highest BCUT2D eigenvalue weighted by molar-refractivity contribution is 6.14. The van der Waals surface area contributed by atoms with E-state index in [1.807, 2.05) is 53.4 Å². The molecule has 0 spiro atoms. The number of hydrogen-bond donors (Lipinski definition) is 1. The van der Waals surface area contributed by atoms with Crippen LogP contribution in [0, 0.1) is 0 Å². The molecule has 2 aliphatic rings. The zero-order valence-corrected chi connectivity index (χ0v) is 14.9. The van der Waals surface area contributed by atoms with E-state index in [9.17, 15) is 9.59 Å². The standard InChI is InChI=1S/C20H21N3O3/c1-20(2)19(25)21-14-7-3-4-8-15(14)23(20)18(24)13-22-11-12-26-17-10-6-5-9-16(17)22/h3-10H,11-13H2,1-2H3,(H,21,25).